The molecule has 2 N–H and O–H groups in total. The van der Waals surface area contributed by atoms with Crippen LogP contribution in [0.1, 0.15) is 43.0 Å². The highest BCUT2D eigenvalue weighted by Gasteiger charge is 2.35. The molecule has 206 valence electrons. The molecular weight excluding hydrogens is 520 g/mol. The number of nitrogens with zero attached hydrogens (tertiary/aromatic N) is 2. The fourth-order valence-corrected chi connectivity index (χ4v) is 6.08. The van der Waals surface area contributed by atoms with Crippen molar-refractivity contribution < 1.29 is 32.5 Å². The first-order valence-corrected chi connectivity index (χ1v) is 13.6. The number of aliphatic hydroxyl groups excluding tert-OH is 2. The fourth-order valence-electron chi connectivity index (χ4n) is 5.09. The number of benzene rings is 2. The summed E-state index contributed by atoms with van der Waals surface area (Å²) in [5, 5.41) is 20.7. The third kappa shape index (κ3) is 6.42. The SMILES string of the molecule is COc1ccc2ncc(CO)c([C@@H](F)CCC3(CO)CCN(CCSc4cc(F)cc(F)c4F)CC3)c2c1. The molecule has 0 bridgehead atoms. The van der Waals surface area contributed by atoms with Gasteiger partial charge in [0.25, 0.3) is 0 Å². The number of rotatable bonds is 11. The van der Waals surface area contributed by atoms with Crippen LogP contribution < -0.4 is 4.74 Å². The average Bonchev–Trinajstić information content (AvgIpc) is 2.94. The molecule has 4 rings (SSSR count). The maximum absolute atomic E-state index is 15.7. The van der Waals surface area contributed by atoms with Crippen LogP contribution in [-0.4, -0.2) is 59.2 Å². The number of hydrogen-bond acceptors (Lipinski definition) is 6. The molecule has 2 heterocycles. The first-order valence-electron chi connectivity index (χ1n) is 12.6. The average molecular weight is 553 g/mol. The lowest BCUT2D eigenvalue weighted by Crippen LogP contribution is -2.42. The van der Waals surface area contributed by atoms with Crippen molar-refractivity contribution in [2.24, 2.45) is 5.41 Å². The zero-order chi connectivity index (χ0) is 27.3. The Balaban J connectivity index is 1.35. The summed E-state index contributed by atoms with van der Waals surface area (Å²) >= 11 is 1.06. The standard InChI is InChI=1S/C28H32F4N2O3S/c1-37-20-2-3-24-21(14-20)26(18(16-35)15-33-24)22(30)4-5-28(17-36)6-8-34(9-7-28)10-11-38-25-13-19(29)12-23(31)27(25)32/h2-3,12-15,22,35-36H,4-11,16-17H2,1H3/t22-/m0/s1. The van der Waals surface area contributed by atoms with Gasteiger partial charge in [0.1, 0.15) is 17.7 Å². The summed E-state index contributed by atoms with van der Waals surface area (Å²) < 4.78 is 61.8. The number of piperidine rings is 1. The maximum Gasteiger partial charge on any atom is 0.172 e. The largest absolute Gasteiger partial charge is 0.497 e. The van der Waals surface area contributed by atoms with Gasteiger partial charge in [-0.2, -0.15) is 0 Å². The number of fused-ring (bicyclic) bond motifs is 1. The topological polar surface area (TPSA) is 65.8 Å². The van der Waals surface area contributed by atoms with Gasteiger partial charge in [0.15, 0.2) is 11.6 Å². The van der Waals surface area contributed by atoms with Crippen molar-refractivity contribution in [3.05, 3.63) is 65.1 Å². The van der Waals surface area contributed by atoms with Crippen LogP contribution in [0.15, 0.2) is 41.4 Å². The first-order chi connectivity index (χ1) is 18.3. The van der Waals surface area contributed by atoms with Gasteiger partial charge in [0.2, 0.25) is 0 Å². The lowest BCUT2D eigenvalue weighted by Gasteiger charge is -2.41. The Morgan fingerprint density at radius 1 is 1.13 bits per heavy atom. The third-order valence-electron chi connectivity index (χ3n) is 7.49. The number of methoxy groups -OCH3 is 1. The van der Waals surface area contributed by atoms with Crippen molar-refractivity contribution in [2.45, 2.75) is 43.4 Å². The van der Waals surface area contributed by atoms with E-state index in [0.717, 1.165) is 17.8 Å². The summed E-state index contributed by atoms with van der Waals surface area (Å²) in [7, 11) is 1.53. The normalized spacial score (nSPS) is 16.6. The summed E-state index contributed by atoms with van der Waals surface area (Å²) in [5.41, 5.74) is 1.02. The molecule has 0 aliphatic carbocycles. The summed E-state index contributed by atoms with van der Waals surface area (Å²) in [6.45, 7) is 1.55. The van der Waals surface area contributed by atoms with Crippen molar-refractivity contribution >= 4 is 22.7 Å². The quantitative estimate of drug-likeness (QED) is 0.178. The van der Waals surface area contributed by atoms with Gasteiger partial charge in [0.05, 0.1) is 19.2 Å². The number of thioether (sulfide) groups is 1. The number of hydrogen-bond donors (Lipinski definition) is 2. The van der Waals surface area contributed by atoms with E-state index in [9.17, 15) is 23.4 Å². The minimum Gasteiger partial charge on any atom is -0.497 e. The smallest absolute Gasteiger partial charge is 0.172 e. The molecule has 0 amide bonds. The van der Waals surface area contributed by atoms with Crippen molar-refractivity contribution in [1.82, 2.24) is 9.88 Å². The van der Waals surface area contributed by atoms with E-state index in [1.54, 1.807) is 18.2 Å². The molecule has 0 unspecified atom stereocenters. The molecular formula is C28H32F4N2O3S. The highest BCUT2D eigenvalue weighted by molar-refractivity contribution is 7.99. The molecule has 1 aliphatic heterocycles. The van der Waals surface area contributed by atoms with Crippen LogP contribution in [-0.2, 0) is 6.61 Å². The Morgan fingerprint density at radius 3 is 2.58 bits per heavy atom. The zero-order valence-corrected chi connectivity index (χ0v) is 22.0. The number of alkyl halides is 1. The van der Waals surface area contributed by atoms with Crippen LogP contribution in [0.5, 0.6) is 5.75 Å². The van der Waals surface area contributed by atoms with Crippen molar-refractivity contribution in [1.29, 1.82) is 0 Å². The lowest BCUT2D eigenvalue weighted by molar-refractivity contribution is 0.0322. The van der Waals surface area contributed by atoms with E-state index in [-0.39, 0.29) is 24.5 Å². The summed E-state index contributed by atoms with van der Waals surface area (Å²) in [6.07, 6.45) is 2.14. The lowest BCUT2D eigenvalue weighted by atomic mass is 9.74. The molecule has 1 aromatic heterocycles. The van der Waals surface area contributed by atoms with Gasteiger partial charge in [-0.05, 0) is 68.5 Å². The summed E-state index contributed by atoms with van der Waals surface area (Å²) in [4.78, 5) is 6.43. The van der Waals surface area contributed by atoms with Gasteiger partial charge < -0.3 is 19.8 Å². The van der Waals surface area contributed by atoms with E-state index in [4.69, 9.17) is 4.74 Å². The van der Waals surface area contributed by atoms with E-state index in [1.807, 2.05) is 0 Å². The molecule has 38 heavy (non-hydrogen) atoms. The van der Waals surface area contributed by atoms with Crippen LogP contribution in [0, 0.1) is 22.9 Å². The predicted molar refractivity (Wildman–Crippen MR) is 140 cm³/mol. The molecule has 1 atom stereocenters. The van der Waals surface area contributed by atoms with Gasteiger partial charge in [-0.15, -0.1) is 11.8 Å². The molecule has 1 saturated heterocycles. The van der Waals surface area contributed by atoms with Gasteiger partial charge >= 0.3 is 0 Å². The third-order valence-corrected chi connectivity index (χ3v) is 8.48. The number of aliphatic hydroxyl groups is 2. The molecule has 3 aromatic rings. The zero-order valence-electron chi connectivity index (χ0n) is 21.2. The number of halogens is 4. The molecule has 0 saturated carbocycles. The summed E-state index contributed by atoms with van der Waals surface area (Å²) in [5.74, 6) is -2.02. The Labute approximate surface area is 223 Å². The fraction of sp³-hybridized carbons (Fsp3) is 0.464. The Bertz CT molecular complexity index is 1250. The molecule has 10 heteroatoms. The van der Waals surface area contributed by atoms with Gasteiger partial charge in [-0.3, -0.25) is 4.98 Å². The number of pyridine rings is 1. The highest BCUT2D eigenvalue weighted by atomic mass is 32.2. The number of ether oxygens (including phenoxy) is 1. The second-order valence-corrected chi connectivity index (χ2v) is 10.9. The Kier molecular flexibility index (Phi) is 9.51. The monoisotopic (exact) mass is 552 g/mol. The van der Waals surface area contributed by atoms with E-state index >= 15 is 4.39 Å². The molecule has 2 aromatic carbocycles. The number of aromatic nitrogens is 1. The van der Waals surface area contributed by atoms with Crippen molar-refractivity contribution in [2.75, 3.05) is 39.1 Å². The van der Waals surface area contributed by atoms with E-state index in [0.29, 0.717) is 78.5 Å². The number of likely N-dealkylation sites (tertiary alicyclic amines) is 1. The van der Waals surface area contributed by atoms with Crippen LogP contribution in [0.3, 0.4) is 0 Å². The molecule has 0 radical (unpaired) electrons. The van der Waals surface area contributed by atoms with E-state index in [1.165, 1.54) is 13.3 Å². The highest BCUT2D eigenvalue weighted by Crippen LogP contribution is 2.41. The van der Waals surface area contributed by atoms with Crippen molar-refractivity contribution in [3.63, 3.8) is 0 Å². The van der Waals surface area contributed by atoms with Gasteiger partial charge in [0, 0.05) is 52.6 Å². The van der Waals surface area contributed by atoms with Crippen LogP contribution in [0.2, 0.25) is 0 Å². The Hall–Kier alpha value is -2.40. The minimum atomic E-state index is -1.35. The van der Waals surface area contributed by atoms with E-state index in [2.05, 4.69) is 9.88 Å². The maximum atomic E-state index is 15.7. The summed E-state index contributed by atoms with van der Waals surface area (Å²) in [6, 6.07) is 6.76. The van der Waals surface area contributed by atoms with Crippen LogP contribution >= 0.6 is 11.8 Å². The molecule has 5 nitrogen and oxygen atoms in total. The van der Waals surface area contributed by atoms with Gasteiger partial charge in [-0.1, -0.05) is 0 Å². The second kappa shape index (κ2) is 12.6. The Morgan fingerprint density at radius 2 is 1.89 bits per heavy atom. The predicted octanol–water partition coefficient (Wildman–Crippen LogP) is 5.81. The molecule has 1 fully saturated rings. The molecule has 0 spiro atoms. The minimum absolute atomic E-state index is 0.0540. The second-order valence-electron chi connectivity index (χ2n) is 9.79. The van der Waals surface area contributed by atoms with Crippen LogP contribution in [0.4, 0.5) is 17.6 Å². The first kappa shape index (κ1) is 28.6. The van der Waals surface area contributed by atoms with Crippen molar-refractivity contribution in [3.8, 4) is 5.75 Å². The molecule has 1 aliphatic rings. The van der Waals surface area contributed by atoms with Crippen LogP contribution in [0.25, 0.3) is 10.9 Å². The van der Waals surface area contributed by atoms with Gasteiger partial charge in [-0.25, -0.2) is 17.6 Å². The van der Waals surface area contributed by atoms with E-state index < -0.39 is 29.0 Å².